The summed E-state index contributed by atoms with van der Waals surface area (Å²) in [4.78, 5) is 27.0. The topological polar surface area (TPSA) is 106 Å². The lowest BCUT2D eigenvalue weighted by molar-refractivity contribution is -0.139. The molecule has 11 heteroatoms. The molecule has 34 heavy (non-hydrogen) atoms. The summed E-state index contributed by atoms with van der Waals surface area (Å²) in [5.41, 5.74) is 5.26. The van der Waals surface area contributed by atoms with Crippen LogP contribution in [-0.2, 0) is 25.2 Å². The molecule has 1 atom stereocenters. The van der Waals surface area contributed by atoms with Gasteiger partial charge in [0.2, 0.25) is 0 Å². The Labute approximate surface area is 206 Å². The average molecular weight is 583 g/mol. The number of alkyl halides is 3. The Morgan fingerprint density at radius 3 is 2.21 bits per heavy atom. The van der Waals surface area contributed by atoms with Gasteiger partial charge in [-0.2, -0.15) is 18.4 Å². The van der Waals surface area contributed by atoms with Crippen LogP contribution in [0.5, 0.6) is 0 Å². The molecule has 0 fully saturated rings. The number of benzene rings is 2. The molecule has 0 bridgehead atoms. The highest BCUT2D eigenvalue weighted by atomic mass is 127. The second kappa shape index (κ2) is 9.76. The standard InChI is InChI=1S/C23H17F3IN3O4/c1-33-21(31)18-17(12-6-4-3-5-7-12)14(11-28)20(29)30(19(18)22(32)34-2)16-9-8-13(10-15(16)27)23(24,25)26/h3-10,17H,29H2,1-2H3. The van der Waals surface area contributed by atoms with Crippen LogP contribution < -0.4 is 10.6 Å². The first-order valence-corrected chi connectivity index (χ1v) is 10.7. The van der Waals surface area contributed by atoms with E-state index in [0.717, 1.165) is 37.3 Å². The summed E-state index contributed by atoms with van der Waals surface area (Å²) in [5, 5.41) is 9.98. The summed E-state index contributed by atoms with van der Waals surface area (Å²) in [6, 6.07) is 13.1. The molecule has 0 radical (unpaired) electrons. The highest BCUT2D eigenvalue weighted by molar-refractivity contribution is 14.1. The van der Waals surface area contributed by atoms with E-state index in [0.29, 0.717) is 5.56 Å². The van der Waals surface area contributed by atoms with Gasteiger partial charge in [-0.05, 0) is 46.4 Å². The number of hydrogen-bond donors (Lipinski definition) is 1. The minimum absolute atomic E-state index is 0.0483. The van der Waals surface area contributed by atoms with Crippen LogP contribution in [0.1, 0.15) is 17.0 Å². The molecule has 0 saturated carbocycles. The number of allylic oxidation sites excluding steroid dienone is 1. The zero-order valence-electron chi connectivity index (χ0n) is 17.8. The van der Waals surface area contributed by atoms with Gasteiger partial charge < -0.3 is 15.2 Å². The molecule has 2 N–H and O–H groups in total. The van der Waals surface area contributed by atoms with Crippen LogP contribution in [0.25, 0.3) is 0 Å². The number of methoxy groups -OCH3 is 2. The van der Waals surface area contributed by atoms with E-state index in [1.807, 2.05) is 6.07 Å². The van der Waals surface area contributed by atoms with Crippen LogP contribution in [0.2, 0.25) is 0 Å². The highest BCUT2D eigenvalue weighted by Gasteiger charge is 2.43. The van der Waals surface area contributed by atoms with Gasteiger partial charge in [0, 0.05) is 3.57 Å². The summed E-state index contributed by atoms with van der Waals surface area (Å²) in [7, 11) is 2.18. The van der Waals surface area contributed by atoms with Gasteiger partial charge in [-0.15, -0.1) is 0 Å². The molecular weight excluding hydrogens is 566 g/mol. The highest BCUT2D eigenvalue weighted by Crippen LogP contribution is 2.44. The third kappa shape index (κ3) is 4.45. The van der Waals surface area contributed by atoms with Crippen molar-refractivity contribution in [2.75, 3.05) is 19.1 Å². The van der Waals surface area contributed by atoms with Crippen molar-refractivity contribution < 1.29 is 32.2 Å². The summed E-state index contributed by atoms with van der Waals surface area (Å²) in [6.07, 6.45) is -4.60. The monoisotopic (exact) mass is 583 g/mol. The van der Waals surface area contributed by atoms with Crippen molar-refractivity contribution in [1.29, 1.82) is 5.26 Å². The van der Waals surface area contributed by atoms with E-state index in [1.165, 1.54) is 0 Å². The molecule has 0 aliphatic carbocycles. The third-order valence-electron chi connectivity index (χ3n) is 5.13. The Hall–Kier alpha value is -3.53. The number of halogens is 4. The number of hydrogen-bond acceptors (Lipinski definition) is 7. The fourth-order valence-corrected chi connectivity index (χ4v) is 4.38. The van der Waals surface area contributed by atoms with Crippen molar-refractivity contribution in [2.45, 2.75) is 12.1 Å². The van der Waals surface area contributed by atoms with E-state index in [1.54, 1.807) is 52.9 Å². The fraction of sp³-hybridized carbons (Fsp3) is 0.174. The molecule has 176 valence electrons. The van der Waals surface area contributed by atoms with Gasteiger partial charge in [-0.3, -0.25) is 4.90 Å². The number of ether oxygens (including phenoxy) is 2. The number of nitrogens with two attached hydrogens (primary N) is 1. The second-order valence-corrected chi connectivity index (χ2v) is 8.16. The maximum Gasteiger partial charge on any atom is 0.416 e. The molecule has 0 amide bonds. The largest absolute Gasteiger partial charge is 0.466 e. The molecule has 2 aromatic rings. The smallest absolute Gasteiger partial charge is 0.416 e. The predicted molar refractivity (Wildman–Crippen MR) is 124 cm³/mol. The Morgan fingerprint density at radius 2 is 1.71 bits per heavy atom. The summed E-state index contributed by atoms with van der Waals surface area (Å²) < 4.78 is 49.5. The van der Waals surface area contributed by atoms with E-state index in [9.17, 15) is 28.0 Å². The number of nitrogens with zero attached hydrogens (tertiary/aromatic N) is 2. The number of nitriles is 1. The maximum atomic E-state index is 13.2. The van der Waals surface area contributed by atoms with Gasteiger partial charge >= 0.3 is 18.1 Å². The summed E-state index contributed by atoms with van der Waals surface area (Å²) >= 11 is 1.66. The van der Waals surface area contributed by atoms with Gasteiger partial charge in [-0.25, -0.2) is 9.59 Å². The first kappa shape index (κ1) is 25.1. The molecule has 1 unspecified atom stereocenters. The molecule has 1 aliphatic heterocycles. The van der Waals surface area contributed by atoms with Crippen molar-refractivity contribution in [3.05, 3.63) is 85.9 Å². The lowest BCUT2D eigenvalue weighted by Gasteiger charge is -2.36. The molecule has 7 nitrogen and oxygen atoms in total. The molecule has 0 aromatic heterocycles. The zero-order valence-corrected chi connectivity index (χ0v) is 20.0. The lowest BCUT2D eigenvalue weighted by atomic mass is 9.81. The Kier molecular flexibility index (Phi) is 7.21. The molecule has 0 spiro atoms. The van der Waals surface area contributed by atoms with E-state index >= 15 is 0 Å². The van der Waals surface area contributed by atoms with E-state index in [-0.39, 0.29) is 31.9 Å². The summed E-state index contributed by atoms with van der Waals surface area (Å²) in [6.45, 7) is 0. The van der Waals surface area contributed by atoms with Gasteiger partial charge in [-0.1, -0.05) is 30.3 Å². The summed E-state index contributed by atoms with van der Waals surface area (Å²) in [5.74, 6) is -3.23. The predicted octanol–water partition coefficient (Wildman–Crippen LogP) is 4.21. The number of carbonyl (C=O) groups is 2. The van der Waals surface area contributed by atoms with E-state index in [4.69, 9.17) is 15.2 Å². The van der Waals surface area contributed by atoms with Gasteiger partial charge in [0.1, 0.15) is 11.5 Å². The van der Waals surface area contributed by atoms with Crippen molar-refractivity contribution in [2.24, 2.45) is 5.73 Å². The van der Waals surface area contributed by atoms with Crippen molar-refractivity contribution in [3.63, 3.8) is 0 Å². The minimum atomic E-state index is -4.60. The normalized spacial score (nSPS) is 16.3. The molecule has 2 aromatic carbocycles. The molecule has 3 rings (SSSR count). The Morgan fingerprint density at radius 1 is 1.09 bits per heavy atom. The van der Waals surface area contributed by atoms with Gasteiger partial charge in [0.05, 0.1) is 48.6 Å². The Bertz CT molecular complexity index is 1250. The van der Waals surface area contributed by atoms with E-state index in [2.05, 4.69) is 0 Å². The number of carbonyl (C=O) groups excluding carboxylic acids is 2. The van der Waals surface area contributed by atoms with Crippen LogP contribution in [0.4, 0.5) is 18.9 Å². The number of esters is 2. The zero-order chi connectivity index (χ0) is 25.2. The fourth-order valence-electron chi connectivity index (χ4n) is 3.63. The molecular formula is C23H17F3IN3O4. The number of rotatable bonds is 4. The maximum absolute atomic E-state index is 13.2. The third-order valence-corrected chi connectivity index (χ3v) is 5.99. The first-order valence-electron chi connectivity index (χ1n) is 9.59. The van der Waals surface area contributed by atoms with Crippen LogP contribution in [0.3, 0.4) is 0 Å². The number of anilines is 1. The van der Waals surface area contributed by atoms with Crippen LogP contribution in [-0.4, -0.2) is 26.2 Å². The lowest BCUT2D eigenvalue weighted by Crippen LogP contribution is -2.41. The van der Waals surface area contributed by atoms with Crippen molar-refractivity contribution >= 4 is 40.2 Å². The SMILES string of the molecule is COC(=O)C1=C(C(=O)OC)N(c2ccc(C(F)(F)F)cc2I)C(N)=C(C#N)C1c1ccccc1. The van der Waals surface area contributed by atoms with Gasteiger partial charge in [0.15, 0.2) is 0 Å². The average Bonchev–Trinajstić information content (AvgIpc) is 2.82. The molecule has 1 aliphatic rings. The van der Waals surface area contributed by atoms with Gasteiger partial charge in [0.25, 0.3) is 0 Å². The molecule has 1 heterocycles. The van der Waals surface area contributed by atoms with Crippen LogP contribution in [0, 0.1) is 14.9 Å². The minimum Gasteiger partial charge on any atom is -0.466 e. The van der Waals surface area contributed by atoms with E-state index < -0.39 is 29.6 Å². The first-order chi connectivity index (χ1) is 16.1. The van der Waals surface area contributed by atoms with Crippen molar-refractivity contribution in [3.8, 4) is 6.07 Å². The second-order valence-electron chi connectivity index (χ2n) is 7.00. The Balaban J connectivity index is 2.40. The van der Waals surface area contributed by atoms with Crippen LogP contribution in [0.15, 0.2) is 71.2 Å². The van der Waals surface area contributed by atoms with Crippen LogP contribution >= 0.6 is 22.6 Å². The molecule has 0 saturated heterocycles. The quantitative estimate of drug-likeness (QED) is 0.425. The van der Waals surface area contributed by atoms with Crippen molar-refractivity contribution in [1.82, 2.24) is 0 Å².